The Balaban J connectivity index is 1.66. The zero-order valence-electron chi connectivity index (χ0n) is 14.8. The first-order valence-corrected chi connectivity index (χ1v) is 12.0. The molecule has 0 spiro atoms. The lowest BCUT2D eigenvalue weighted by molar-refractivity contribution is 0.248. The Morgan fingerprint density at radius 1 is 0.857 bits per heavy atom. The van der Waals surface area contributed by atoms with Gasteiger partial charge in [0.25, 0.3) is 0 Å². The van der Waals surface area contributed by atoms with Crippen molar-refractivity contribution in [3.8, 4) is 0 Å². The molecule has 2 aromatic rings. The number of nitrogens with zero attached hydrogens (tertiary/aromatic N) is 1. The number of hydrogen-bond acceptors (Lipinski definition) is 4. The molecule has 9 heteroatoms. The van der Waals surface area contributed by atoms with Crippen molar-refractivity contribution in [3.63, 3.8) is 0 Å². The van der Waals surface area contributed by atoms with E-state index in [1.165, 1.54) is 16.4 Å². The summed E-state index contributed by atoms with van der Waals surface area (Å²) in [5, 5.41) is -0.698. The molecule has 0 radical (unpaired) electrons. The van der Waals surface area contributed by atoms with E-state index in [4.69, 9.17) is 0 Å². The zero-order valence-corrected chi connectivity index (χ0v) is 16.5. The molecular weight excluding hydrogens is 408 g/mol. The minimum Gasteiger partial charge on any atom is -0.223 e. The first-order chi connectivity index (χ1) is 13.2. The quantitative estimate of drug-likeness (QED) is 0.752. The predicted octanol–water partition coefficient (Wildman–Crippen LogP) is 3.12. The van der Waals surface area contributed by atoms with E-state index in [1.54, 1.807) is 18.2 Å². The van der Waals surface area contributed by atoms with Crippen molar-refractivity contribution < 1.29 is 25.6 Å². The number of halogens is 2. The standard InChI is InChI=1S/C19H19F2NO4S2/c20-13-6-9-18(21)19(10-13)28(25,26)22-14-7-8-15(22)12-17(11-14)27(23,24)16-4-2-1-3-5-16/h1-6,9-10,14-15,17H,7-8,11-12H2. The number of benzene rings is 2. The molecule has 2 fully saturated rings. The Hall–Kier alpha value is -1.84. The zero-order chi connectivity index (χ0) is 20.1. The second-order valence-electron chi connectivity index (χ2n) is 7.25. The number of rotatable bonds is 4. The van der Waals surface area contributed by atoms with Crippen molar-refractivity contribution in [1.29, 1.82) is 0 Å². The summed E-state index contributed by atoms with van der Waals surface area (Å²) in [6.45, 7) is 0. The lowest BCUT2D eigenvalue weighted by atomic mass is 10.1. The maximum absolute atomic E-state index is 14.1. The predicted molar refractivity (Wildman–Crippen MR) is 98.8 cm³/mol. The van der Waals surface area contributed by atoms with Gasteiger partial charge in [-0.2, -0.15) is 4.31 Å². The smallest absolute Gasteiger partial charge is 0.223 e. The first kappa shape index (κ1) is 19.5. The van der Waals surface area contributed by atoms with E-state index >= 15 is 0 Å². The summed E-state index contributed by atoms with van der Waals surface area (Å²) >= 11 is 0. The molecule has 0 N–H and O–H groups in total. The Morgan fingerprint density at radius 3 is 2.07 bits per heavy atom. The normalized spacial score (nSPS) is 25.7. The molecule has 2 atom stereocenters. The Kier molecular flexibility index (Phi) is 4.79. The van der Waals surface area contributed by atoms with Crippen LogP contribution in [0.3, 0.4) is 0 Å². The Morgan fingerprint density at radius 2 is 1.46 bits per heavy atom. The second kappa shape index (κ2) is 6.89. The lowest BCUT2D eigenvalue weighted by Crippen LogP contribution is -2.49. The fourth-order valence-electron chi connectivity index (χ4n) is 4.32. The van der Waals surface area contributed by atoms with Crippen LogP contribution in [0.2, 0.25) is 0 Å². The maximum Gasteiger partial charge on any atom is 0.246 e. The third-order valence-electron chi connectivity index (χ3n) is 5.58. The van der Waals surface area contributed by atoms with Crippen LogP contribution >= 0.6 is 0 Å². The molecule has 0 saturated carbocycles. The summed E-state index contributed by atoms with van der Waals surface area (Å²) in [6, 6.07) is 9.32. The van der Waals surface area contributed by atoms with Crippen LogP contribution in [0.1, 0.15) is 25.7 Å². The second-order valence-corrected chi connectivity index (χ2v) is 11.3. The fraction of sp³-hybridized carbons (Fsp3) is 0.368. The van der Waals surface area contributed by atoms with E-state index in [1.807, 2.05) is 0 Å². The van der Waals surface area contributed by atoms with Crippen LogP contribution in [-0.4, -0.2) is 38.5 Å². The number of sulfone groups is 1. The van der Waals surface area contributed by atoms with Crippen molar-refractivity contribution >= 4 is 19.9 Å². The first-order valence-electron chi connectivity index (χ1n) is 8.99. The monoisotopic (exact) mass is 427 g/mol. The molecule has 2 unspecified atom stereocenters. The molecular formula is C19H19F2NO4S2. The number of piperidine rings is 1. The van der Waals surface area contributed by atoms with Gasteiger partial charge >= 0.3 is 0 Å². The van der Waals surface area contributed by atoms with Crippen molar-refractivity contribution in [1.82, 2.24) is 4.31 Å². The van der Waals surface area contributed by atoms with Crippen LogP contribution in [-0.2, 0) is 19.9 Å². The summed E-state index contributed by atoms with van der Waals surface area (Å²) in [5.74, 6) is -1.85. The third-order valence-corrected chi connectivity index (χ3v) is 9.79. The van der Waals surface area contributed by atoms with Gasteiger partial charge in [-0.1, -0.05) is 18.2 Å². The number of fused-ring (bicyclic) bond motifs is 2. The van der Waals surface area contributed by atoms with Crippen LogP contribution in [0.15, 0.2) is 58.3 Å². The van der Waals surface area contributed by atoms with Gasteiger partial charge < -0.3 is 0 Å². The van der Waals surface area contributed by atoms with Crippen molar-refractivity contribution in [2.24, 2.45) is 0 Å². The summed E-state index contributed by atoms with van der Waals surface area (Å²) in [7, 11) is -7.85. The molecule has 2 aliphatic heterocycles. The maximum atomic E-state index is 14.1. The molecule has 28 heavy (non-hydrogen) atoms. The molecule has 0 aromatic heterocycles. The van der Waals surface area contributed by atoms with Gasteiger partial charge in [0.2, 0.25) is 10.0 Å². The summed E-state index contributed by atoms with van der Waals surface area (Å²) < 4.78 is 80.8. The molecule has 2 aromatic carbocycles. The van der Waals surface area contributed by atoms with Gasteiger partial charge in [0, 0.05) is 12.1 Å². The molecule has 5 nitrogen and oxygen atoms in total. The van der Waals surface area contributed by atoms with Crippen molar-refractivity contribution in [2.45, 2.75) is 52.8 Å². The number of hydrogen-bond donors (Lipinski definition) is 0. The van der Waals surface area contributed by atoms with Crippen LogP contribution in [0.25, 0.3) is 0 Å². The van der Waals surface area contributed by atoms with Crippen LogP contribution in [0.4, 0.5) is 8.78 Å². The highest BCUT2D eigenvalue weighted by molar-refractivity contribution is 7.92. The van der Waals surface area contributed by atoms with Gasteiger partial charge in [-0.3, -0.25) is 0 Å². The molecule has 150 valence electrons. The largest absolute Gasteiger partial charge is 0.246 e. The van der Waals surface area contributed by atoms with Crippen molar-refractivity contribution in [3.05, 3.63) is 60.2 Å². The molecule has 2 aliphatic rings. The van der Waals surface area contributed by atoms with Crippen LogP contribution < -0.4 is 0 Å². The van der Waals surface area contributed by atoms with E-state index in [2.05, 4.69) is 0 Å². The van der Waals surface area contributed by atoms with E-state index in [9.17, 15) is 25.6 Å². The van der Waals surface area contributed by atoms with Crippen LogP contribution in [0, 0.1) is 11.6 Å². The fourth-order valence-corrected chi connectivity index (χ4v) is 8.16. The Bertz CT molecular complexity index is 1090. The van der Waals surface area contributed by atoms with Gasteiger partial charge in [-0.25, -0.2) is 25.6 Å². The minimum atomic E-state index is -4.26. The minimum absolute atomic E-state index is 0.143. The summed E-state index contributed by atoms with van der Waals surface area (Å²) in [5.41, 5.74) is 0. The average Bonchev–Trinajstić information content (AvgIpc) is 2.95. The van der Waals surface area contributed by atoms with Gasteiger partial charge in [-0.15, -0.1) is 0 Å². The molecule has 0 amide bonds. The van der Waals surface area contributed by atoms with Crippen molar-refractivity contribution in [2.75, 3.05) is 0 Å². The highest BCUT2D eigenvalue weighted by Crippen LogP contribution is 2.43. The third kappa shape index (κ3) is 3.15. The molecule has 2 saturated heterocycles. The van der Waals surface area contributed by atoms with E-state index < -0.39 is 53.7 Å². The Labute approximate surface area is 163 Å². The lowest BCUT2D eigenvalue weighted by Gasteiger charge is -2.37. The highest BCUT2D eigenvalue weighted by Gasteiger charge is 2.50. The van der Waals surface area contributed by atoms with E-state index in [0.29, 0.717) is 18.9 Å². The number of sulfonamides is 1. The molecule has 0 aliphatic carbocycles. The van der Waals surface area contributed by atoms with Gasteiger partial charge in [-0.05, 0) is 56.0 Å². The van der Waals surface area contributed by atoms with Crippen LogP contribution in [0.5, 0.6) is 0 Å². The molecule has 2 bridgehead atoms. The summed E-state index contributed by atoms with van der Waals surface area (Å²) in [4.78, 5) is -0.486. The van der Waals surface area contributed by atoms with Gasteiger partial charge in [0.1, 0.15) is 16.5 Å². The topological polar surface area (TPSA) is 71.5 Å². The SMILES string of the molecule is O=S(=O)(c1ccccc1)C1CC2CCC(C1)N2S(=O)(=O)c1cc(F)ccc1F. The van der Waals surface area contributed by atoms with E-state index in [0.717, 1.165) is 12.1 Å². The van der Waals surface area contributed by atoms with Gasteiger partial charge in [0.15, 0.2) is 9.84 Å². The highest BCUT2D eigenvalue weighted by atomic mass is 32.2. The molecule has 4 rings (SSSR count). The van der Waals surface area contributed by atoms with Gasteiger partial charge in [0.05, 0.1) is 10.1 Å². The summed E-state index contributed by atoms with van der Waals surface area (Å²) in [6.07, 6.45) is 1.29. The van der Waals surface area contributed by atoms with E-state index in [-0.39, 0.29) is 17.7 Å². The average molecular weight is 427 g/mol. The molecule has 2 heterocycles.